The van der Waals surface area contributed by atoms with Crippen molar-refractivity contribution >= 4 is 23.8 Å². The van der Waals surface area contributed by atoms with Gasteiger partial charge in [-0.1, -0.05) is 0 Å². The van der Waals surface area contributed by atoms with Crippen LogP contribution < -0.4 is 16.2 Å². The number of anilines is 1. The molecule has 6 nitrogen and oxygen atoms in total. The predicted octanol–water partition coefficient (Wildman–Crippen LogP) is 1.11. The molecule has 7 heteroatoms. The molecule has 0 aromatic heterocycles. The van der Waals surface area contributed by atoms with Gasteiger partial charge in [-0.2, -0.15) is 0 Å². The Hall–Kier alpha value is -1.53. The van der Waals surface area contributed by atoms with Crippen molar-refractivity contribution < 1.29 is 9.66 Å². The minimum Gasteiger partial charge on any atom is -0.495 e. The summed E-state index contributed by atoms with van der Waals surface area (Å²) in [6.07, 6.45) is 0.360. The van der Waals surface area contributed by atoms with E-state index in [2.05, 4.69) is 0 Å². The fraction of sp³-hybridized carbons (Fsp3) is 0.333. The van der Waals surface area contributed by atoms with Gasteiger partial charge in [0.05, 0.1) is 23.3 Å². The van der Waals surface area contributed by atoms with Crippen molar-refractivity contribution in [3.05, 3.63) is 27.8 Å². The van der Waals surface area contributed by atoms with Crippen molar-refractivity contribution in [1.29, 1.82) is 0 Å². The van der Waals surface area contributed by atoms with Crippen molar-refractivity contribution in [2.75, 3.05) is 19.4 Å². The van der Waals surface area contributed by atoms with E-state index < -0.39 is 4.92 Å². The third-order valence-electron chi connectivity index (χ3n) is 2.10. The molecule has 90 valence electrons. The van der Waals surface area contributed by atoms with E-state index in [1.807, 2.05) is 0 Å². The summed E-state index contributed by atoms with van der Waals surface area (Å²) in [5.74, 6) is 0.434. The molecular weight excluding hydrogens is 234 g/mol. The summed E-state index contributed by atoms with van der Waals surface area (Å²) in [6, 6.07) is 2.85. The molecule has 0 fully saturated rings. The number of nitrogen functional groups attached to an aromatic ring is 1. The first-order valence-electron chi connectivity index (χ1n) is 4.41. The molecule has 0 heterocycles. The minimum absolute atomic E-state index is 0. The zero-order valence-electron chi connectivity index (χ0n) is 8.80. The summed E-state index contributed by atoms with van der Waals surface area (Å²) >= 11 is 0. The van der Waals surface area contributed by atoms with Crippen LogP contribution in [0, 0.1) is 10.1 Å². The summed E-state index contributed by atoms with van der Waals surface area (Å²) in [7, 11) is 1.46. The molecule has 1 rings (SSSR count). The lowest BCUT2D eigenvalue weighted by atomic mass is 10.1. The zero-order chi connectivity index (χ0) is 11.4. The van der Waals surface area contributed by atoms with Gasteiger partial charge in [0.1, 0.15) is 5.75 Å². The molecule has 0 aliphatic heterocycles. The molecule has 0 unspecified atom stereocenters. The van der Waals surface area contributed by atoms with Crippen molar-refractivity contribution in [1.82, 2.24) is 0 Å². The highest BCUT2D eigenvalue weighted by molar-refractivity contribution is 5.85. The summed E-state index contributed by atoms with van der Waals surface area (Å²) in [4.78, 5) is 10.2. The number of benzene rings is 1. The first-order chi connectivity index (χ1) is 7.11. The number of rotatable bonds is 4. The Bertz CT molecular complexity index is 385. The second-order valence-electron chi connectivity index (χ2n) is 2.97. The second kappa shape index (κ2) is 6.14. The Morgan fingerprint density at radius 2 is 2.12 bits per heavy atom. The van der Waals surface area contributed by atoms with Gasteiger partial charge in [0.15, 0.2) is 0 Å². The molecule has 0 bridgehead atoms. The van der Waals surface area contributed by atoms with Crippen LogP contribution in [0.25, 0.3) is 0 Å². The highest BCUT2D eigenvalue weighted by atomic mass is 35.5. The zero-order valence-corrected chi connectivity index (χ0v) is 9.62. The highest BCUT2D eigenvalue weighted by Gasteiger charge is 2.18. The third-order valence-corrected chi connectivity index (χ3v) is 2.10. The monoisotopic (exact) mass is 247 g/mol. The number of nitro benzene ring substituents is 1. The molecular formula is C9H14ClN3O3. The Morgan fingerprint density at radius 1 is 1.50 bits per heavy atom. The van der Waals surface area contributed by atoms with Crippen LogP contribution in [0.1, 0.15) is 5.56 Å². The SMILES string of the molecule is COc1ccc([N+](=O)[O-])c(CCN)c1N.Cl. The molecule has 16 heavy (non-hydrogen) atoms. The van der Waals surface area contributed by atoms with E-state index in [1.54, 1.807) is 0 Å². The molecule has 1 aromatic carbocycles. The van der Waals surface area contributed by atoms with E-state index in [0.717, 1.165) is 0 Å². The van der Waals surface area contributed by atoms with Crippen LogP contribution >= 0.6 is 12.4 Å². The predicted molar refractivity (Wildman–Crippen MR) is 64.1 cm³/mol. The molecule has 0 saturated carbocycles. The van der Waals surface area contributed by atoms with Gasteiger partial charge >= 0.3 is 0 Å². The van der Waals surface area contributed by atoms with E-state index in [1.165, 1.54) is 19.2 Å². The molecule has 0 radical (unpaired) electrons. The van der Waals surface area contributed by atoms with Crippen molar-refractivity contribution in [3.8, 4) is 5.75 Å². The number of methoxy groups -OCH3 is 1. The van der Waals surface area contributed by atoms with Crippen LogP contribution in [0.4, 0.5) is 11.4 Å². The maximum absolute atomic E-state index is 10.7. The van der Waals surface area contributed by atoms with Crippen LogP contribution in [0.5, 0.6) is 5.75 Å². The fourth-order valence-electron chi connectivity index (χ4n) is 1.39. The second-order valence-corrected chi connectivity index (χ2v) is 2.97. The van der Waals surface area contributed by atoms with Crippen LogP contribution in [0.2, 0.25) is 0 Å². The third kappa shape index (κ3) is 2.74. The molecule has 0 spiro atoms. The van der Waals surface area contributed by atoms with E-state index >= 15 is 0 Å². The molecule has 4 N–H and O–H groups in total. The lowest BCUT2D eigenvalue weighted by Gasteiger charge is -2.09. The van der Waals surface area contributed by atoms with Crippen LogP contribution in [0.3, 0.4) is 0 Å². The standard InChI is InChI=1S/C9H13N3O3.ClH/c1-15-8-3-2-7(12(13)14)6(4-5-10)9(8)11;/h2-3H,4-5,10-11H2,1H3;1H. The number of nitrogens with two attached hydrogens (primary N) is 2. The molecule has 0 aliphatic rings. The summed E-state index contributed by atoms with van der Waals surface area (Å²) in [6.45, 7) is 0.304. The van der Waals surface area contributed by atoms with Crippen molar-refractivity contribution in [2.45, 2.75) is 6.42 Å². The number of nitrogens with zero attached hydrogens (tertiary/aromatic N) is 1. The Kier molecular flexibility index (Phi) is 5.55. The van der Waals surface area contributed by atoms with E-state index in [0.29, 0.717) is 24.3 Å². The molecule has 0 saturated heterocycles. The molecule has 0 aliphatic carbocycles. The lowest BCUT2D eigenvalue weighted by Crippen LogP contribution is -2.09. The van der Waals surface area contributed by atoms with E-state index in [9.17, 15) is 10.1 Å². The Morgan fingerprint density at radius 3 is 2.56 bits per heavy atom. The number of ether oxygens (including phenoxy) is 1. The number of halogens is 1. The number of nitro groups is 1. The highest BCUT2D eigenvalue weighted by Crippen LogP contribution is 2.32. The molecule has 1 aromatic rings. The number of hydrogen-bond donors (Lipinski definition) is 2. The van der Waals surface area contributed by atoms with Crippen LogP contribution in [-0.4, -0.2) is 18.6 Å². The van der Waals surface area contributed by atoms with Crippen molar-refractivity contribution in [2.24, 2.45) is 5.73 Å². The maximum Gasteiger partial charge on any atom is 0.274 e. The topological polar surface area (TPSA) is 104 Å². The number of hydrogen-bond acceptors (Lipinski definition) is 5. The van der Waals surface area contributed by atoms with Gasteiger partial charge in [0, 0.05) is 6.07 Å². The van der Waals surface area contributed by atoms with Gasteiger partial charge < -0.3 is 16.2 Å². The van der Waals surface area contributed by atoms with E-state index in [-0.39, 0.29) is 23.8 Å². The van der Waals surface area contributed by atoms with Gasteiger partial charge in [-0.05, 0) is 19.0 Å². The van der Waals surface area contributed by atoms with Crippen LogP contribution in [0.15, 0.2) is 12.1 Å². The van der Waals surface area contributed by atoms with Gasteiger partial charge in [-0.15, -0.1) is 12.4 Å². The first kappa shape index (κ1) is 14.5. The minimum atomic E-state index is -0.471. The fourth-order valence-corrected chi connectivity index (χ4v) is 1.39. The maximum atomic E-state index is 10.7. The largest absolute Gasteiger partial charge is 0.495 e. The molecule has 0 amide bonds. The van der Waals surface area contributed by atoms with E-state index in [4.69, 9.17) is 16.2 Å². The Labute approximate surface area is 99.1 Å². The average Bonchev–Trinajstić information content (AvgIpc) is 2.20. The van der Waals surface area contributed by atoms with Crippen molar-refractivity contribution in [3.63, 3.8) is 0 Å². The van der Waals surface area contributed by atoms with Crippen LogP contribution in [-0.2, 0) is 6.42 Å². The quantitative estimate of drug-likeness (QED) is 0.471. The molecule has 0 atom stereocenters. The summed E-state index contributed by atoms with van der Waals surface area (Å²) < 4.78 is 4.98. The van der Waals surface area contributed by atoms with Gasteiger partial charge in [-0.25, -0.2) is 0 Å². The van der Waals surface area contributed by atoms with Gasteiger partial charge in [0.25, 0.3) is 5.69 Å². The lowest BCUT2D eigenvalue weighted by molar-refractivity contribution is -0.385. The van der Waals surface area contributed by atoms with Gasteiger partial charge in [-0.3, -0.25) is 10.1 Å². The summed E-state index contributed by atoms with van der Waals surface area (Å²) in [5, 5.41) is 10.7. The Balaban J connectivity index is 0.00000225. The average molecular weight is 248 g/mol. The van der Waals surface area contributed by atoms with Gasteiger partial charge in [0.2, 0.25) is 0 Å². The normalized spacial score (nSPS) is 9.38. The summed E-state index contributed by atoms with van der Waals surface area (Å²) in [5.41, 5.74) is 11.8. The first-order valence-corrected chi connectivity index (χ1v) is 4.41. The smallest absolute Gasteiger partial charge is 0.274 e.